The minimum atomic E-state index is 0.324. The van der Waals surface area contributed by atoms with Crippen molar-refractivity contribution in [2.24, 2.45) is 11.8 Å². The van der Waals surface area contributed by atoms with Gasteiger partial charge in [0.25, 0.3) is 0 Å². The molecule has 0 spiro atoms. The number of hydrogen-bond acceptors (Lipinski definition) is 1. The van der Waals surface area contributed by atoms with E-state index in [1.165, 1.54) is 28.6 Å². The average Bonchev–Trinajstić information content (AvgIpc) is 2.92. The fourth-order valence-electron chi connectivity index (χ4n) is 6.02. The minimum absolute atomic E-state index is 0.324. The van der Waals surface area contributed by atoms with Gasteiger partial charge in [-0.05, 0) is 24.1 Å². The number of rotatable bonds is 1. The second-order valence-corrected chi connectivity index (χ2v) is 7.91. The first-order valence-corrected chi connectivity index (χ1v) is 8.87. The summed E-state index contributed by atoms with van der Waals surface area (Å²) < 4.78 is 1.08. The quantitative estimate of drug-likeness (QED) is 0.616. The van der Waals surface area contributed by atoms with Gasteiger partial charge >= 0.3 is 0 Å². The van der Waals surface area contributed by atoms with Gasteiger partial charge in [0, 0.05) is 35.6 Å². The first-order valence-electron chi connectivity index (χ1n) is 8.87. The number of aliphatic hydroxyl groups is 1. The molecule has 4 aliphatic rings. The van der Waals surface area contributed by atoms with E-state index in [9.17, 15) is 5.11 Å². The predicted molar refractivity (Wildman–Crippen MR) is 92.0 cm³/mol. The summed E-state index contributed by atoms with van der Waals surface area (Å²) in [5, 5.41) is 11.5. The number of allylic oxidation sites excluding steroid dienone is 1. The zero-order valence-corrected chi connectivity index (χ0v) is 13.9. The van der Waals surface area contributed by atoms with Gasteiger partial charge in [0.15, 0.2) is 0 Å². The molecule has 0 amide bonds. The molecule has 3 fully saturated rings. The van der Waals surface area contributed by atoms with Crippen LogP contribution < -0.4 is 0 Å². The van der Waals surface area contributed by atoms with E-state index in [0.717, 1.165) is 17.4 Å². The molecule has 0 radical (unpaired) electrons. The summed E-state index contributed by atoms with van der Waals surface area (Å²) in [6.45, 7) is 3.65. The van der Waals surface area contributed by atoms with Crippen LogP contribution >= 0.6 is 0 Å². The highest BCUT2D eigenvalue weighted by Gasteiger charge is 2.61. The number of likely N-dealkylation sites (N-methyl/N-ethyl adjacent to an activating group) is 1. The van der Waals surface area contributed by atoms with E-state index in [4.69, 9.17) is 0 Å². The Balaban J connectivity index is 1.73. The minimum Gasteiger partial charge on any atom is -0.396 e. The predicted octanol–water partition coefficient (Wildman–Crippen LogP) is 3.17. The number of aromatic nitrogens is 1. The molecule has 5 atom stereocenters. The van der Waals surface area contributed by atoms with Crippen LogP contribution in [0.15, 0.2) is 35.9 Å². The standard InChI is InChI=1S/C20H25N2O/c1-3-12-10-22(2)18-9-15-13-6-4-5-7-17(13)21-20(15)19(22)8-14(12)16(18)11-23/h3-7,14,16,18-19,21,23H,8-11H2,1-2H3/q+1/b12-3-/t14-,16-,18-,19+,22+/m1/s1. The van der Waals surface area contributed by atoms with Gasteiger partial charge in [-0.15, -0.1) is 0 Å². The second kappa shape index (κ2) is 4.49. The largest absolute Gasteiger partial charge is 0.396 e. The molecule has 2 aromatic rings. The van der Waals surface area contributed by atoms with Crippen molar-refractivity contribution in [1.29, 1.82) is 0 Å². The van der Waals surface area contributed by atoms with E-state index in [-0.39, 0.29) is 0 Å². The van der Waals surface area contributed by atoms with E-state index >= 15 is 0 Å². The van der Waals surface area contributed by atoms with E-state index in [2.05, 4.69) is 49.3 Å². The maximum atomic E-state index is 10.1. The summed E-state index contributed by atoms with van der Waals surface area (Å²) in [7, 11) is 2.42. The summed E-state index contributed by atoms with van der Waals surface area (Å²) in [4.78, 5) is 3.75. The van der Waals surface area contributed by atoms with Gasteiger partial charge in [0.05, 0.1) is 25.4 Å². The van der Waals surface area contributed by atoms with E-state index in [0.29, 0.717) is 30.5 Å². The first kappa shape index (κ1) is 13.8. The Bertz CT molecular complexity index is 820. The van der Waals surface area contributed by atoms with Gasteiger partial charge in [0.2, 0.25) is 0 Å². The summed E-state index contributed by atoms with van der Waals surface area (Å²) in [5.41, 5.74) is 5.84. The highest BCUT2D eigenvalue weighted by Crippen LogP contribution is 2.57. The molecule has 120 valence electrons. The lowest BCUT2D eigenvalue weighted by atomic mass is 9.62. The Morgan fingerprint density at radius 1 is 1.35 bits per heavy atom. The molecule has 6 rings (SSSR count). The molecule has 2 N–H and O–H groups in total. The topological polar surface area (TPSA) is 36.0 Å². The van der Waals surface area contributed by atoms with Gasteiger partial charge in [-0.25, -0.2) is 0 Å². The molecule has 0 aliphatic carbocycles. The van der Waals surface area contributed by atoms with Gasteiger partial charge < -0.3 is 14.6 Å². The number of nitrogens with one attached hydrogen (secondary N) is 1. The van der Waals surface area contributed by atoms with Crippen LogP contribution in [-0.4, -0.2) is 40.8 Å². The van der Waals surface area contributed by atoms with Crippen molar-refractivity contribution in [1.82, 2.24) is 4.98 Å². The van der Waals surface area contributed by atoms with Crippen molar-refractivity contribution < 1.29 is 9.59 Å². The summed E-state index contributed by atoms with van der Waals surface area (Å²) in [6.07, 6.45) is 4.59. The monoisotopic (exact) mass is 309 g/mol. The number of hydrogen-bond donors (Lipinski definition) is 2. The molecule has 5 heterocycles. The van der Waals surface area contributed by atoms with Crippen LogP contribution in [0, 0.1) is 11.8 Å². The smallest absolute Gasteiger partial charge is 0.131 e. The molecule has 1 aromatic carbocycles. The Morgan fingerprint density at radius 3 is 2.96 bits per heavy atom. The zero-order chi connectivity index (χ0) is 15.8. The number of benzene rings is 1. The van der Waals surface area contributed by atoms with Crippen LogP contribution in [0.3, 0.4) is 0 Å². The highest BCUT2D eigenvalue weighted by molar-refractivity contribution is 5.85. The molecule has 1 aromatic heterocycles. The molecule has 0 unspecified atom stereocenters. The number of piperidine rings is 3. The average molecular weight is 309 g/mol. The number of nitrogens with zero attached hydrogens (tertiary/aromatic N) is 1. The Labute approximate surface area is 137 Å². The fraction of sp³-hybridized carbons (Fsp3) is 0.500. The number of fused-ring (bicyclic) bond motifs is 4. The van der Waals surface area contributed by atoms with Crippen molar-refractivity contribution in [3.8, 4) is 0 Å². The summed E-state index contributed by atoms with van der Waals surface area (Å²) in [6, 6.07) is 9.84. The van der Waals surface area contributed by atoms with Crippen LogP contribution in [-0.2, 0) is 6.42 Å². The Morgan fingerprint density at radius 2 is 2.17 bits per heavy atom. The van der Waals surface area contributed by atoms with Crippen molar-refractivity contribution in [3.05, 3.63) is 47.2 Å². The van der Waals surface area contributed by atoms with Crippen molar-refractivity contribution in [2.75, 3.05) is 20.2 Å². The number of para-hydroxylation sites is 1. The molecule has 3 nitrogen and oxygen atoms in total. The lowest BCUT2D eigenvalue weighted by molar-refractivity contribution is -0.978. The summed E-state index contributed by atoms with van der Waals surface area (Å²) in [5.74, 6) is 0.984. The maximum Gasteiger partial charge on any atom is 0.131 e. The molecule has 3 saturated heterocycles. The molecular formula is C20H25N2O+. The van der Waals surface area contributed by atoms with Crippen molar-refractivity contribution >= 4 is 10.9 Å². The lowest BCUT2D eigenvalue weighted by Gasteiger charge is -2.62. The molecule has 4 bridgehead atoms. The summed E-state index contributed by atoms with van der Waals surface area (Å²) >= 11 is 0. The first-order chi connectivity index (χ1) is 11.2. The second-order valence-electron chi connectivity index (χ2n) is 7.91. The van der Waals surface area contributed by atoms with E-state index < -0.39 is 0 Å². The van der Waals surface area contributed by atoms with Crippen LogP contribution in [0.1, 0.15) is 30.6 Å². The third-order valence-electron chi connectivity index (χ3n) is 7.13. The van der Waals surface area contributed by atoms with Gasteiger partial charge in [-0.1, -0.05) is 24.3 Å². The zero-order valence-electron chi connectivity index (χ0n) is 13.9. The van der Waals surface area contributed by atoms with Gasteiger partial charge in [0.1, 0.15) is 12.6 Å². The Hall–Kier alpha value is -1.58. The molecule has 3 heteroatoms. The number of aromatic amines is 1. The maximum absolute atomic E-state index is 10.1. The third kappa shape index (κ3) is 1.57. The van der Waals surface area contributed by atoms with Gasteiger partial charge in [-0.2, -0.15) is 0 Å². The fourth-order valence-corrected chi connectivity index (χ4v) is 6.02. The molecule has 0 saturated carbocycles. The lowest BCUT2D eigenvalue weighted by Crippen LogP contribution is -2.70. The van der Waals surface area contributed by atoms with E-state index in [1.807, 2.05) is 0 Å². The van der Waals surface area contributed by atoms with E-state index in [1.54, 1.807) is 5.57 Å². The van der Waals surface area contributed by atoms with Crippen LogP contribution in [0.2, 0.25) is 0 Å². The molecular weight excluding hydrogens is 284 g/mol. The number of aliphatic hydroxyl groups excluding tert-OH is 1. The van der Waals surface area contributed by atoms with Crippen LogP contribution in [0.25, 0.3) is 10.9 Å². The van der Waals surface area contributed by atoms with Crippen molar-refractivity contribution in [3.63, 3.8) is 0 Å². The van der Waals surface area contributed by atoms with Crippen molar-refractivity contribution in [2.45, 2.75) is 31.8 Å². The highest BCUT2D eigenvalue weighted by atomic mass is 16.3. The normalized spacial score (nSPS) is 39.9. The Kier molecular flexibility index (Phi) is 2.70. The van der Waals surface area contributed by atoms with Crippen LogP contribution in [0.5, 0.6) is 0 Å². The number of H-pyrrole nitrogens is 1. The van der Waals surface area contributed by atoms with Gasteiger partial charge in [-0.3, -0.25) is 0 Å². The van der Waals surface area contributed by atoms with Crippen LogP contribution in [0.4, 0.5) is 0 Å². The molecule has 23 heavy (non-hydrogen) atoms. The molecule has 4 aliphatic heterocycles. The SMILES string of the molecule is C/C=C1/C[N@@+]2(C)[C@@H]3Cc4c([nH]c5ccccc45)[C@@H]2C[C@H]1[C@H]3CO. The number of quaternary nitrogens is 1. The third-order valence-corrected chi connectivity index (χ3v) is 7.13.